The van der Waals surface area contributed by atoms with Crippen molar-refractivity contribution in [3.63, 3.8) is 0 Å². The third kappa shape index (κ3) is 4.74. The van der Waals surface area contributed by atoms with Gasteiger partial charge in [-0.3, -0.25) is 9.48 Å². The summed E-state index contributed by atoms with van der Waals surface area (Å²) >= 11 is 0. The van der Waals surface area contributed by atoms with Crippen molar-refractivity contribution < 1.29 is 13.9 Å². The van der Waals surface area contributed by atoms with E-state index in [0.29, 0.717) is 29.0 Å². The number of hydrogen-bond donors (Lipinski definition) is 1. The van der Waals surface area contributed by atoms with Crippen LogP contribution in [0.5, 0.6) is 5.75 Å². The first-order valence-electron chi connectivity index (χ1n) is 12.7. The van der Waals surface area contributed by atoms with E-state index in [1.54, 1.807) is 19.2 Å². The average Bonchev–Trinajstić information content (AvgIpc) is 3.59. The number of nitrogens with zero attached hydrogens (tertiary/aromatic N) is 5. The van der Waals surface area contributed by atoms with Gasteiger partial charge >= 0.3 is 0 Å². The molecule has 0 aliphatic carbocycles. The monoisotopic (exact) mass is 510 g/mol. The molecule has 0 bridgehead atoms. The molecule has 38 heavy (non-hydrogen) atoms. The van der Waals surface area contributed by atoms with Gasteiger partial charge in [-0.1, -0.05) is 18.2 Å². The lowest BCUT2D eigenvalue weighted by Crippen LogP contribution is -2.38. The summed E-state index contributed by atoms with van der Waals surface area (Å²) in [5, 5.41) is 9.53. The van der Waals surface area contributed by atoms with E-state index in [-0.39, 0.29) is 11.7 Å². The summed E-state index contributed by atoms with van der Waals surface area (Å²) < 4.78 is 21.6. The van der Waals surface area contributed by atoms with Gasteiger partial charge in [0.05, 0.1) is 29.2 Å². The van der Waals surface area contributed by atoms with Gasteiger partial charge in [-0.2, -0.15) is 5.10 Å². The van der Waals surface area contributed by atoms with Crippen LogP contribution >= 0.6 is 0 Å². The maximum absolute atomic E-state index is 13.6. The molecule has 1 aliphatic heterocycles. The van der Waals surface area contributed by atoms with Gasteiger partial charge in [-0.25, -0.2) is 14.4 Å². The highest BCUT2D eigenvalue weighted by Crippen LogP contribution is 2.33. The van der Waals surface area contributed by atoms with Crippen LogP contribution in [0.2, 0.25) is 0 Å². The summed E-state index contributed by atoms with van der Waals surface area (Å²) in [4.78, 5) is 23.6. The fraction of sp³-hybridized carbons (Fsp3) is 0.241. The van der Waals surface area contributed by atoms with Crippen molar-refractivity contribution in [1.82, 2.24) is 24.6 Å². The second-order valence-electron chi connectivity index (χ2n) is 9.50. The Hall–Kier alpha value is -4.53. The number of likely N-dealkylation sites (tertiary alicyclic amines) is 1. The van der Waals surface area contributed by atoms with E-state index in [9.17, 15) is 9.18 Å². The number of aromatic nitrogens is 4. The van der Waals surface area contributed by atoms with Gasteiger partial charge < -0.3 is 15.0 Å². The maximum Gasteiger partial charge on any atom is 0.263 e. The Morgan fingerprint density at radius 1 is 1.08 bits per heavy atom. The highest BCUT2D eigenvalue weighted by Gasteiger charge is 2.25. The molecule has 1 N–H and O–H groups in total. The first-order chi connectivity index (χ1) is 18.5. The number of anilines is 2. The van der Waals surface area contributed by atoms with Crippen molar-refractivity contribution in [1.29, 1.82) is 0 Å². The van der Waals surface area contributed by atoms with Crippen molar-refractivity contribution >= 4 is 39.2 Å². The molecule has 1 atom stereocenters. The summed E-state index contributed by atoms with van der Waals surface area (Å²) in [5.74, 6) is 0.861. The number of halogens is 1. The molecule has 1 amide bonds. The Bertz CT molecular complexity index is 1620. The number of nitrogens with one attached hydrogen (secondary N) is 1. The van der Waals surface area contributed by atoms with Crippen LogP contribution in [-0.2, 0) is 11.3 Å². The normalized spacial score (nSPS) is 14.2. The highest BCUT2D eigenvalue weighted by atomic mass is 19.1. The number of carbonyl (C=O) groups is 1. The zero-order valence-corrected chi connectivity index (χ0v) is 21.0. The number of fused-ring (bicyclic) bond motifs is 2. The molecule has 2 aromatic heterocycles. The van der Waals surface area contributed by atoms with E-state index >= 15 is 0 Å². The lowest BCUT2D eigenvalue weighted by atomic mass is 10.2. The van der Waals surface area contributed by atoms with Crippen LogP contribution in [0.3, 0.4) is 0 Å². The number of amides is 1. The van der Waals surface area contributed by atoms with Gasteiger partial charge in [0.1, 0.15) is 23.7 Å². The van der Waals surface area contributed by atoms with E-state index in [1.165, 1.54) is 18.5 Å². The van der Waals surface area contributed by atoms with E-state index < -0.39 is 6.10 Å². The van der Waals surface area contributed by atoms with E-state index in [1.807, 2.05) is 52.0 Å². The molecule has 1 saturated heterocycles. The molecule has 1 fully saturated rings. The van der Waals surface area contributed by atoms with Crippen molar-refractivity contribution in [2.24, 2.45) is 0 Å². The topological polar surface area (TPSA) is 85.2 Å². The Morgan fingerprint density at radius 3 is 2.76 bits per heavy atom. The van der Waals surface area contributed by atoms with Crippen molar-refractivity contribution in [2.75, 3.05) is 18.4 Å². The fourth-order valence-electron chi connectivity index (χ4n) is 4.94. The average molecular weight is 511 g/mol. The van der Waals surface area contributed by atoms with Crippen LogP contribution in [0.1, 0.15) is 25.3 Å². The number of rotatable bonds is 7. The first-order valence-corrected chi connectivity index (χ1v) is 12.7. The summed E-state index contributed by atoms with van der Waals surface area (Å²) in [7, 11) is 0. The molecule has 6 rings (SSSR count). The molecule has 0 unspecified atom stereocenters. The SMILES string of the molecule is C[C@@H](Oc1cccc2ncnc(Nc3ccc4c(cnn4Cc4cccc(F)c4)c3)c12)C(=O)N1CCCC1. The Balaban J connectivity index is 1.27. The summed E-state index contributed by atoms with van der Waals surface area (Å²) in [6, 6.07) is 18.0. The molecule has 1 aliphatic rings. The molecule has 8 nitrogen and oxygen atoms in total. The molecule has 0 spiro atoms. The number of benzene rings is 3. The second-order valence-corrected chi connectivity index (χ2v) is 9.50. The Kier molecular flexibility index (Phi) is 6.33. The summed E-state index contributed by atoms with van der Waals surface area (Å²) in [5.41, 5.74) is 3.31. The van der Waals surface area contributed by atoms with Gasteiger partial charge in [0, 0.05) is 24.2 Å². The minimum atomic E-state index is -0.618. The van der Waals surface area contributed by atoms with E-state index in [2.05, 4.69) is 20.4 Å². The summed E-state index contributed by atoms with van der Waals surface area (Å²) in [6.45, 7) is 3.81. The lowest BCUT2D eigenvalue weighted by Gasteiger charge is -2.22. The van der Waals surface area contributed by atoms with Gasteiger partial charge in [0.15, 0.2) is 6.10 Å². The number of carbonyl (C=O) groups excluding carboxylic acids is 1. The second kappa shape index (κ2) is 10.1. The van der Waals surface area contributed by atoms with Crippen LogP contribution in [-0.4, -0.2) is 49.7 Å². The van der Waals surface area contributed by atoms with Crippen LogP contribution in [0.15, 0.2) is 73.2 Å². The minimum Gasteiger partial charge on any atom is -0.480 e. The van der Waals surface area contributed by atoms with Crippen molar-refractivity contribution in [3.8, 4) is 5.75 Å². The van der Waals surface area contributed by atoms with Gasteiger partial charge in [0.2, 0.25) is 0 Å². The quantitative estimate of drug-likeness (QED) is 0.320. The molecule has 3 heterocycles. The van der Waals surface area contributed by atoms with E-state index in [4.69, 9.17) is 4.74 Å². The van der Waals surface area contributed by atoms with Crippen LogP contribution in [0.25, 0.3) is 21.8 Å². The molecule has 3 aromatic carbocycles. The predicted molar refractivity (Wildman–Crippen MR) is 144 cm³/mol. The van der Waals surface area contributed by atoms with Gasteiger partial charge in [0.25, 0.3) is 5.91 Å². The molecule has 0 radical (unpaired) electrons. The molecular weight excluding hydrogens is 483 g/mol. The molecule has 9 heteroatoms. The van der Waals surface area contributed by atoms with Gasteiger partial charge in [-0.15, -0.1) is 0 Å². The molecule has 192 valence electrons. The third-order valence-electron chi connectivity index (χ3n) is 6.82. The Morgan fingerprint density at radius 2 is 1.92 bits per heavy atom. The lowest BCUT2D eigenvalue weighted by molar-refractivity contribution is -0.136. The molecule has 0 saturated carbocycles. The Labute approximate surface area is 219 Å². The van der Waals surface area contributed by atoms with Crippen molar-refractivity contribution in [3.05, 3.63) is 84.6 Å². The van der Waals surface area contributed by atoms with Crippen molar-refractivity contribution in [2.45, 2.75) is 32.4 Å². The van der Waals surface area contributed by atoms with Crippen LogP contribution in [0.4, 0.5) is 15.9 Å². The zero-order chi connectivity index (χ0) is 26.1. The van der Waals surface area contributed by atoms with Gasteiger partial charge in [-0.05, 0) is 67.8 Å². The zero-order valence-electron chi connectivity index (χ0n) is 21.0. The minimum absolute atomic E-state index is 0.00781. The number of hydrogen-bond acceptors (Lipinski definition) is 6. The largest absolute Gasteiger partial charge is 0.480 e. The molecular formula is C29H27FN6O2. The first kappa shape index (κ1) is 23.8. The number of ether oxygens (including phenoxy) is 1. The molecule has 5 aromatic rings. The summed E-state index contributed by atoms with van der Waals surface area (Å²) in [6.07, 6.45) is 4.73. The third-order valence-corrected chi connectivity index (χ3v) is 6.82. The van der Waals surface area contributed by atoms with Crippen LogP contribution < -0.4 is 10.1 Å². The smallest absolute Gasteiger partial charge is 0.263 e. The van der Waals surface area contributed by atoms with Crippen LogP contribution in [0, 0.1) is 5.82 Å². The fourth-order valence-corrected chi connectivity index (χ4v) is 4.94. The highest BCUT2D eigenvalue weighted by molar-refractivity contribution is 5.97. The van der Waals surface area contributed by atoms with E-state index in [0.717, 1.165) is 48.1 Å². The maximum atomic E-state index is 13.6. The predicted octanol–water partition coefficient (Wildman–Crippen LogP) is 5.30. The standard InChI is InChI=1S/C29H27FN6O2/c1-19(29(37)35-12-2-3-13-35)38-26-9-5-8-24-27(26)28(32-18-31-24)34-23-10-11-25-21(15-23)16-33-36(25)17-20-6-4-7-22(30)14-20/h4-11,14-16,18-19H,2-3,12-13,17H2,1H3,(H,31,32,34)/t19-/m1/s1.